The van der Waals surface area contributed by atoms with Crippen molar-refractivity contribution < 1.29 is 4.79 Å². The molecule has 0 fully saturated rings. The third-order valence-electron chi connectivity index (χ3n) is 2.61. The summed E-state index contributed by atoms with van der Waals surface area (Å²) in [6.07, 6.45) is 0. The molecule has 0 saturated carbocycles. The number of aryl methyl sites for hydroxylation is 1. The van der Waals surface area contributed by atoms with Gasteiger partial charge in [0.15, 0.2) is 0 Å². The van der Waals surface area contributed by atoms with Crippen molar-refractivity contribution in [2.24, 2.45) is 0 Å². The van der Waals surface area contributed by atoms with Crippen LogP contribution in [0, 0.1) is 6.92 Å². The van der Waals surface area contributed by atoms with Crippen LogP contribution in [0.5, 0.6) is 0 Å². The summed E-state index contributed by atoms with van der Waals surface area (Å²) < 4.78 is 1.76. The zero-order valence-electron chi connectivity index (χ0n) is 10.1. The van der Waals surface area contributed by atoms with Gasteiger partial charge in [0.25, 0.3) is 5.91 Å². The highest BCUT2D eigenvalue weighted by Gasteiger charge is 2.11. The van der Waals surface area contributed by atoms with Gasteiger partial charge in [-0.3, -0.25) is 4.79 Å². The maximum absolute atomic E-state index is 12.2. The Morgan fingerprint density at radius 3 is 2.47 bits per heavy atom. The Kier molecular flexibility index (Phi) is 4.71. The fourth-order valence-corrected chi connectivity index (χ4v) is 2.49. The standard InChI is InChI=1S/C14H11Br2NOS/c1-8-6-9(2-4-12(8)15)17-14(18)11-7-10(19)3-5-13(11)16/h2-7,19H,1H3,(H,17,18). The fraction of sp³-hybridized carbons (Fsp3) is 0.0714. The molecule has 0 atom stereocenters. The van der Waals surface area contributed by atoms with Crippen molar-refractivity contribution >= 4 is 56.1 Å². The van der Waals surface area contributed by atoms with E-state index >= 15 is 0 Å². The van der Waals surface area contributed by atoms with Crippen molar-refractivity contribution in [1.82, 2.24) is 0 Å². The molecule has 0 heterocycles. The Balaban J connectivity index is 2.25. The third-order valence-corrected chi connectivity index (χ3v) is 4.47. The molecule has 2 nitrogen and oxygen atoms in total. The predicted octanol–water partition coefficient (Wildman–Crippen LogP) is 5.06. The number of carbonyl (C=O) groups is 1. The molecule has 98 valence electrons. The molecule has 2 aromatic rings. The van der Waals surface area contributed by atoms with Crippen molar-refractivity contribution in [3.8, 4) is 0 Å². The first-order chi connectivity index (χ1) is 8.97. The Bertz CT molecular complexity index is 643. The van der Waals surface area contributed by atoms with Gasteiger partial charge < -0.3 is 5.32 Å². The SMILES string of the molecule is Cc1cc(NC(=O)c2cc(S)ccc2Br)ccc1Br. The number of hydrogen-bond donors (Lipinski definition) is 2. The topological polar surface area (TPSA) is 29.1 Å². The van der Waals surface area contributed by atoms with E-state index in [-0.39, 0.29) is 5.91 Å². The average Bonchev–Trinajstić information content (AvgIpc) is 2.36. The number of halogens is 2. The summed E-state index contributed by atoms with van der Waals surface area (Å²) in [5, 5.41) is 2.87. The van der Waals surface area contributed by atoms with Gasteiger partial charge in [0.2, 0.25) is 0 Å². The van der Waals surface area contributed by atoms with E-state index in [0.29, 0.717) is 5.56 Å². The second-order valence-electron chi connectivity index (χ2n) is 4.08. The molecule has 0 spiro atoms. The second kappa shape index (κ2) is 6.11. The van der Waals surface area contributed by atoms with Crippen LogP contribution in [0.2, 0.25) is 0 Å². The van der Waals surface area contributed by atoms with E-state index in [1.165, 1.54) is 0 Å². The zero-order chi connectivity index (χ0) is 14.0. The van der Waals surface area contributed by atoms with Crippen LogP contribution in [0.25, 0.3) is 0 Å². The van der Waals surface area contributed by atoms with Gasteiger partial charge in [0.1, 0.15) is 0 Å². The normalized spacial score (nSPS) is 10.3. The van der Waals surface area contributed by atoms with Crippen molar-refractivity contribution in [2.45, 2.75) is 11.8 Å². The molecule has 19 heavy (non-hydrogen) atoms. The van der Waals surface area contributed by atoms with Gasteiger partial charge in [-0.05, 0) is 64.8 Å². The minimum Gasteiger partial charge on any atom is -0.322 e. The molecule has 0 aromatic heterocycles. The minimum atomic E-state index is -0.163. The summed E-state index contributed by atoms with van der Waals surface area (Å²) in [5.74, 6) is -0.163. The lowest BCUT2D eigenvalue weighted by atomic mass is 10.2. The lowest BCUT2D eigenvalue weighted by molar-refractivity contribution is 0.102. The van der Waals surface area contributed by atoms with Crippen LogP contribution in [0.1, 0.15) is 15.9 Å². The number of thiol groups is 1. The Labute approximate surface area is 134 Å². The molecule has 0 radical (unpaired) electrons. The molecule has 1 N–H and O–H groups in total. The first-order valence-electron chi connectivity index (χ1n) is 5.53. The number of rotatable bonds is 2. The molecule has 0 aliphatic rings. The summed E-state index contributed by atoms with van der Waals surface area (Å²) in [6.45, 7) is 1.98. The largest absolute Gasteiger partial charge is 0.322 e. The molecule has 5 heteroatoms. The maximum Gasteiger partial charge on any atom is 0.256 e. The van der Waals surface area contributed by atoms with Crippen LogP contribution in [0.3, 0.4) is 0 Å². The molecular formula is C14H11Br2NOS. The molecule has 1 amide bonds. The van der Waals surface area contributed by atoms with Gasteiger partial charge in [-0.2, -0.15) is 0 Å². The highest BCUT2D eigenvalue weighted by molar-refractivity contribution is 9.10. The average molecular weight is 401 g/mol. The van der Waals surface area contributed by atoms with Crippen molar-refractivity contribution in [1.29, 1.82) is 0 Å². The summed E-state index contributed by atoms with van der Waals surface area (Å²) >= 11 is 11.0. The molecule has 0 unspecified atom stereocenters. The van der Waals surface area contributed by atoms with Crippen molar-refractivity contribution in [3.05, 3.63) is 56.5 Å². The van der Waals surface area contributed by atoms with E-state index in [1.807, 2.05) is 37.3 Å². The van der Waals surface area contributed by atoms with Gasteiger partial charge in [-0.15, -0.1) is 12.6 Å². The van der Waals surface area contributed by atoms with Gasteiger partial charge in [-0.25, -0.2) is 0 Å². The quantitative estimate of drug-likeness (QED) is 0.677. The lowest BCUT2D eigenvalue weighted by Gasteiger charge is -2.09. The molecule has 0 saturated heterocycles. The van der Waals surface area contributed by atoms with Crippen LogP contribution in [-0.2, 0) is 0 Å². The number of amides is 1. The highest BCUT2D eigenvalue weighted by atomic mass is 79.9. The lowest BCUT2D eigenvalue weighted by Crippen LogP contribution is -2.12. The molecule has 0 aliphatic carbocycles. The molecular weight excluding hydrogens is 390 g/mol. The van der Waals surface area contributed by atoms with Crippen LogP contribution in [0.4, 0.5) is 5.69 Å². The predicted molar refractivity (Wildman–Crippen MR) is 88.2 cm³/mol. The van der Waals surface area contributed by atoms with Crippen molar-refractivity contribution in [3.63, 3.8) is 0 Å². The monoisotopic (exact) mass is 399 g/mol. The smallest absolute Gasteiger partial charge is 0.256 e. The summed E-state index contributed by atoms with van der Waals surface area (Å²) in [5.41, 5.74) is 2.40. The van der Waals surface area contributed by atoms with Gasteiger partial charge in [-0.1, -0.05) is 15.9 Å². The second-order valence-corrected chi connectivity index (χ2v) is 6.31. The Morgan fingerprint density at radius 2 is 1.79 bits per heavy atom. The first-order valence-corrected chi connectivity index (χ1v) is 7.56. The van der Waals surface area contributed by atoms with E-state index in [0.717, 1.165) is 25.1 Å². The number of nitrogens with one attached hydrogen (secondary N) is 1. The summed E-state index contributed by atoms with van der Waals surface area (Å²) in [7, 11) is 0. The molecule has 2 aromatic carbocycles. The number of hydrogen-bond acceptors (Lipinski definition) is 2. The summed E-state index contributed by atoms with van der Waals surface area (Å²) in [6, 6.07) is 11.1. The van der Waals surface area contributed by atoms with Crippen LogP contribution in [0.15, 0.2) is 50.2 Å². The Hall–Kier alpha value is -0.780. The number of anilines is 1. The Morgan fingerprint density at radius 1 is 1.11 bits per heavy atom. The van der Waals surface area contributed by atoms with E-state index in [1.54, 1.807) is 6.07 Å². The number of benzene rings is 2. The van der Waals surface area contributed by atoms with Crippen LogP contribution >= 0.6 is 44.5 Å². The zero-order valence-corrected chi connectivity index (χ0v) is 14.1. The summed E-state index contributed by atoms with van der Waals surface area (Å²) in [4.78, 5) is 12.9. The minimum absolute atomic E-state index is 0.163. The van der Waals surface area contributed by atoms with E-state index < -0.39 is 0 Å². The maximum atomic E-state index is 12.2. The highest BCUT2D eigenvalue weighted by Crippen LogP contribution is 2.23. The first kappa shape index (κ1) is 14.6. The van der Waals surface area contributed by atoms with E-state index in [9.17, 15) is 4.79 Å². The van der Waals surface area contributed by atoms with E-state index in [4.69, 9.17) is 0 Å². The van der Waals surface area contributed by atoms with E-state index in [2.05, 4.69) is 49.8 Å². The molecule has 0 bridgehead atoms. The molecule has 2 rings (SSSR count). The van der Waals surface area contributed by atoms with Crippen molar-refractivity contribution in [2.75, 3.05) is 5.32 Å². The van der Waals surface area contributed by atoms with Crippen LogP contribution < -0.4 is 5.32 Å². The van der Waals surface area contributed by atoms with Gasteiger partial charge >= 0.3 is 0 Å². The van der Waals surface area contributed by atoms with Gasteiger partial charge in [0.05, 0.1) is 5.56 Å². The van der Waals surface area contributed by atoms with Crippen LogP contribution in [-0.4, -0.2) is 5.91 Å². The number of carbonyl (C=O) groups excluding carboxylic acids is 1. The third kappa shape index (κ3) is 3.61. The fourth-order valence-electron chi connectivity index (χ4n) is 1.61. The molecule has 0 aliphatic heterocycles. The van der Waals surface area contributed by atoms with Gasteiger partial charge in [0, 0.05) is 19.5 Å².